The van der Waals surface area contributed by atoms with Gasteiger partial charge in [0.15, 0.2) is 5.12 Å². The molecule has 0 aromatic heterocycles. The SMILES string of the molecule is C=C[C@]1(C)C[C@@H](OC(=O)CSC(C)=O)[C@]2(C)[C@H](C)CC[C@]3(CCC(=O)[C@H]32)[C@@H](C)[C@@H]1O. The zero-order valence-electron chi connectivity index (χ0n) is 18.9. The summed E-state index contributed by atoms with van der Waals surface area (Å²) in [6.45, 7) is 13.8. The van der Waals surface area contributed by atoms with Crippen LogP contribution in [0.4, 0.5) is 0 Å². The number of carbonyl (C=O) groups excluding carboxylic acids is 3. The molecule has 30 heavy (non-hydrogen) atoms. The summed E-state index contributed by atoms with van der Waals surface area (Å²) < 4.78 is 6.05. The van der Waals surface area contributed by atoms with Crippen molar-refractivity contribution in [3.8, 4) is 0 Å². The van der Waals surface area contributed by atoms with Crippen LogP contribution in [0.5, 0.6) is 0 Å². The highest BCUT2D eigenvalue weighted by molar-refractivity contribution is 8.14. The number of Topliss-reactive ketones (excluding diaryl/α,β-unsaturated/α-hetero) is 1. The van der Waals surface area contributed by atoms with E-state index in [1.807, 2.05) is 6.92 Å². The summed E-state index contributed by atoms with van der Waals surface area (Å²) in [7, 11) is 0. The van der Waals surface area contributed by atoms with E-state index < -0.39 is 29.0 Å². The third kappa shape index (κ3) is 3.48. The predicted octanol–water partition coefficient (Wildman–Crippen LogP) is 4.17. The fourth-order valence-electron chi connectivity index (χ4n) is 6.85. The van der Waals surface area contributed by atoms with Crippen LogP contribution in [-0.4, -0.2) is 39.9 Å². The molecule has 168 valence electrons. The summed E-state index contributed by atoms with van der Waals surface area (Å²) >= 11 is 0.936. The summed E-state index contributed by atoms with van der Waals surface area (Å²) in [6.07, 6.45) is 4.17. The van der Waals surface area contributed by atoms with Crippen molar-refractivity contribution in [2.45, 2.75) is 78.9 Å². The van der Waals surface area contributed by atoms with Gasteiger partial charge in [-0.3, -0.25) is 14.4 Å². The Balaban J connectivity index is 2.10. The first-order valence-corrected chi connectivity index (χ1v) is 12.1. The van der Waals surface area contributed by atoms with Crippen LogP contribution in [0.2, 0.25) is 0 Å². The van der Waals surface area contributed by atoms with E-state index in [2.05, 4.69) is 27.4 Å². The van der Waals surface area contributed by atoms with E-state index in [1.165, 1.54) is 6.92 Å². The van der Waals surface area contributed by atoms with Gasteiger partial charge in [-0.15, -0.1) is 6.58 Å². The number of aliphatic hydroxyl groups is 1. The fourth-order valence-corrected chi connectivity index (χ4v) is 7.24. The Labute approximate surface area is 184 Å². The van der Waals surface area contributed by atoms with Crippen LogP contribution in [0, 0.1) is 34.0 Å². The van der Waals surface area contributed by atoms with Gasteiger partial charge in [-0.05, 0) is 42.9 Å². The Bertz CT molecular complexity index is 750. The molecular weight excluding hydrogens is 400 g/mol. The maximum absolute atomic E-state index is 13.3. The lowest BCUT2D eigenvalue weighted by atomic mass is 9.44. The number of hydrogen-bond acceptors (Lipinski definition) is 6. The highest BCUT2D eigenvalue weighted by Crippen LogP contribution is 2.67. The monoisotopic (exact) mass is 436 g/mol. The molecule has 1 N–H and O–H groups in total. The number of aliphatic hydroxyl groups excluding tert-OH is 1. The molecule has 0 aliphatic heterocycles. The van der Waals surface area contributed by atoms with Gasteiger partial charge < -0.3 is 9.84 Å². The molecule has 0 amide bonds. The van der Waals surface area contributed by atoms with Crippen molar-refractivity contribution in [1.82, 2.24) is 0 Å². The maximum atomic E-state index is 13.3. The Morgan fingerprint density at radius 3 is 2.57 bits per heavy atom. The number of rotatable bonds is 4. The standard InChI is InChI=1S/C24H36O5S/c1-7-22(5)12-18(29-19(27)13-30-16(4)25)23(6)14(2)8-10-24(15(3)21(22)28)11-9-17(26)20(23)24/h7,14-15,18,20-21,28H,1,8-13H2,2-6H3/t14-,15+,18-,20+,21+,22-,23+,24+/m1/s1. The number of hydrogen-bond donors (Lipinski definition) is 1. The third-order valence-corrected chi connectivity index (χ3v) is 9.76. The van der Waals surface area contributed by atoms with Gasteiger partial charge in [0.1, 0.15) is 11.9 Å². The molecule has 3 rings (SSSR count). The molecule has 0 saturated heterocycles. The van der Waals surface area contributed by atoms with E-state index in [0.29, 0.717) is 12.8 Å². The van der Waals surface area contributed by atoms with E-state index in [-0.39, 0.29) is 39.8 Å². The zero-order valence-corrected chi connectivity index (χ0v) is 19.7. The second-order valence-electron chi connectivity index (χ2n) is 10.3. The lowest BCUT2D eigenvalue weighted by Gasteiger charge is -2.61. The number of carbonyl (C=O) groups is 3. The lowest BCUT2D eigenvalue weighted by Crippen LogP contribution is -2.63. The number of ketones is 1. The van der Waals surface area contributed by atoms with Crippen LogP contribution in [0.25, 0.3) is 0 Å². The van der Waals surface area contributed by atoms with Crippen LogP contribution in [-0.2, 0) is 19.1 Å². The first-order valence-electron chi connectivity index (χ1n) is 11.1. The van der Waals surface area contributed by atoms with Crippen LogP contribution >= 0.6 is 11.8 Å². The fraction of sp³-hybridized carbons (Fsp3) is 0.792. The van der Waals surface area contributed by atoms with Crippen molar-refractivity contribution in [3.63, 3.8) is 0 Å². The van der Waals surface area contributed by atoms with Crippen LogP contribution in [0.3, 0.4) is 0 Å². The number of esters is 1. The molecule has 2 bridgehead atoms. The van der Waals surface area contributed by atoms with Crippen LogP contribution in [0.15, 0.2) is 12.7 Å². The Morgan fingerprint density at radius 2 is 1.97 bits per heavy atom. The summed E-state index contributed by atoms with van der Waals surface area (Å²) in [6, 6.07) is 0. The second kappa shape index (κ2) is 8.09. The average molecular weight is 437 g/mol. The molecule has 0 radical (unpaired) electrons. The summed E-state index contributed by atoms with van der Waals surface area (Å²) in [4.78, 5) is 37.3. The van der Waals surface area contributed by atoms with Crippen molar-refractivity contribution in [2.75, 3.05) is 5.75 Å². The van der Waals surface area contributed by atoms with Crippen molar-refractivity contribution >= 4 is 28.6 Å². The highest BCUT2D eigenvalue weighted by Gasteiger charge is 2.68. The minimum absolute atomic E-state index is 0.0379. The molecule has 3 saturated carbocycles. The molecule has 0 heterocycles. The van der Waals surface area contributed by atoms with E-state index >= 15 is 0 Å². The van der Waals surface area contributed by atoms with Crippen molar-refractivity contribution in [1.29, 1.82) is 0 Å². The summed E-state index contributed by atoms with van der Waals surface area (Å²) in [5, 5.41) is 11.3. The summed E-state index contributed by atoms with van der Waals surface area (Å²) in [5.41, 5.74) is -1.43. The lowest BCUT2D eigenvalue weighted by molar-refractivity contribution is -0.205. The van der Waals surface area contributed by atoms with E-state index in [1.54, 1.807) is 6.08 Å². The van der Waals surface area contributed by atoms with Gasteiger partial charge in [0.25, 0.3) is 0 Å². The predicted molar refractivity (Wildman–Crippen MR) is 118 cm³/mol. The van der Waals surface area contributed by atoms with Gasteiger partial charge in [0, 0.05) is 30.1 Å². The molecule has 0 aromatic carbocycles. The minimum atomic E-state index is -0.672. The quantitative estimate of drug-likeness (QED) is 0.526. The van der Waals surface area contributed by atoms with Crippen molar-refractivity contribution in [3.05, 3.63) is 12.7 Å². The molecule has 3 aliphatic carbocycles. The largest absolute Gasteiger partial charge is 0.461 e. The maximum Gasteiger partial charge on any atom is 0.316 e. The normalized spacial score (nSPS) is 45.8. The molecule has 3 fully saturated rings. The molecular formula is C24H36O5S. The van der Waals surface area contributed by atoms with Crippen LogP contribution in [0.1, 0.15) is 66.7 Å². The highest BCUT2D eigenvalue weighted by atomic mass is 32.2. The second-order valence-corrected chi connectivity index (χ2v) is 11.5. The Morgan fingerprint density at radius 1 is 1.30 bits per heavy atom. The van der Waals surface area contributed by atoms with Gasteiger partial charge >= 0.3 is 5.97 Å². The van der Waals surface area contributed by atoms with Crippen molar-refractivity contribution in [2.24, 2.45) is 34.0 Å². The van der Waals surface area contributed by atoms with Gasteiger partial charge in [-0.2, -0.15) is 0 Å². The average Bonchev–Trinajstić information content (AvgIpc) is 3.05. The summed E-state index contributed by atoms with van der Waals surface area (Å²) in [5.74, 6) is -0.314. The van der Waals surface area contributed by atoms with Crippen molar-refractivity contribution < 1.29 is 24.2 Å². The van der Waals surface area contributed by atoms with E-state index in [0.717, 1.165) is 31.0 Å². The van der Waals surface area contributed by atoms with Gasteiger partial charge in [-0.25, -0.2) is 0 Å². The molecule has 0 unspecified atom stereocenters. The van der Waals surface area contributed by atoms with Gasteiger partial charge in [-0.1, -0.05) is 45.5 Å². The molecule has 8 atom stereocenters. The van der Waals surface area contributed by atoms with E-state index in [9.17, 15) is 19.5 Å². The Hall–Kier alpha value is -1.14. The molecule has 5 nitrogen and oxygen atoms in total. The first-order chi connectivity index (χ1) is 13.9. The van der Waals surface area contributed by atoms with E-state index in [4.69, 9.17) is 4.74 Å². The van der Waals surface area contributed by atoms with Gasteiger partial charge in [0.05, 0.1) is 11.9 Å². The number of thioether (sulfide) groups is 1. The molecule has 6 heteroatoms. The molecule has 0 spiro atoms. The van der Waals surface area contributed by atoms with Gasteiger partial charge in [0.2, 0.25) is 0 Å². The molecule has 3 aliphatic rings. The first kappa shape index (κ1) is 23.5. The topological polar surface area (TPSA) is 80.7 Å². The third-order valence-electron chi connectivity index (χ3n) is 8.97. The zero-order chi connectivity index (χ0) is 22.5. The van der Waals surface area contributed by atoms with Crippen LogP contribution < -0.4 is 0 Å². The molecule has 0 aromatic rings. The number of ether oxygens (including phenoxy) is 1. The Kier molecular flexibility index (Phi) is 6.34. The minimum Gasteiger partial charge on any atom is -0.461 e. The smallest absolute Gasteiger partial charge is 0.316 e.